The van der Waals surface area contributed by atoms with E-state index < -0.39 is 5.97 Å². The van der Waals surface area contributed by atoms with Crippen LogP contribution in [-0.4, -0.2) is 36.1 Å². The molecular weight excluding hydrogens is 233 g/mol. The van der Waals surface area contributed by atoms with E-state index in [1.54, 1.807) is 12.1 Å². The summed E-state index contributed by atoms with van der Waals surface area (Å²) in [5.41, 5.74) is 0.731. The van der Waals surface area contributed by atoms with Crippen molar-refractivity contribution in [2.24, 2.45) is 0 Å². The van der Waals surface area contributed by atoms with E-state index in [1.165, 1.54) is 6.07 Å². The van der Waals surface area contributed by atoms with Crippen LogP contribution in [0.15, 0.2) is 24.3 Å². The summed E-state index contributed by atoms with van der Waals surface area (Å²) >= 11 is 0. The molecular formula is C14H20FNO2. The van der Waals surface area contributed by atoms with E-state index in [1.807, 2.05) is 13.1 Å². The normalized spacial score (nSPS) is 10.8. The lowest BCUT2D eigenvalue weighted by atomic mass is 10.1. The number of hydrogen-bond donors (Lipinski definition) is 1. The number of halogens is 1. The lowest BCUT2D eigenvalue weighted by Gasteiger charge is -2.16. The van der Waals surface area contributed by atoms with E-state index in [0.717, 1.165) is 25.1 Å². The molecule has 0 spiro atoms. The number of carbonyl (C=O) groups is 1. The summed E-state index contributed by atoms with van der Waals surface area (Å²) in [6.07, 6.45) is 2.46. The van der Waals surface area contributed by atoms with Crippen LogP contribution in [-0.2, 0) is 11.2 Å². The molecule has 0 heterocycles. The highest BCUT2D eigenvalue weighted by atomic mass is 19.1. The second kappa shape index (κ2) is 7.82. The molecule has 0 saturated carbocycles. The number of carboxylic acid groups (broad SMARTS) is 1. The van der Waals surface area contributed by atoms with Gasteiger partial charge < -0.3 is 10.0 Å². The lowest BCUT2D eigenvalue weighted by Crippen LogP contribution is -2.22. The van der Waals surface area contributed by atoms with E-state index in [0.29, 0.717) is 12.8 Å². The van der Waals surface area contributed by atoms with Crippen molar-refractivity contribution in [1.82, 2.24) is 4.90 Å². The quantitative estimate of drug-likeness (QED) is 0.724. The fourth-order valence-corrected chi connectivity index (χ4v) is 1.78. The maximum absolute atomic E-state index is 13.4. The first-order valence-electron chi connectivity index (χ1n) is 6.23. The van der Waals surface area contributed by atoms with E-state index >= 15 is 0 Å². The molecule has 1 rings (SSSR count). The molecule has 1 aromatic rings. The minimum absolute atomic E-state index is 0.156. The third-order valence-corrected chi connectivity index (χ3v) is 2.90. The van der Waals surface area contributed by atoms with Gasteiger partial charge in [0.05, 0.1) is 0 Å². The summed E-state index contributed by atoms with van der Waals surface area (Å²) in [6.45, 7) is 1.63. The molecule has 0 amide bonds. The molecule has 0 fully saturated rings. The van der Waals surface area contributed by atoms with Crippen LogP contribution in [0.2, 0.25) is 0 Å². The van der Waals surface area contributed by atoms with Crippen LogP contribution < -0.4 is 0 Å². The van der Waals surface area contributed by atoms with Gasteiger partial charge in [-0.05, 0) is 44.5 Å². The van der Waals surface area contributed by atoms with Crippen LogP contribution >= 0.6 is 0 Å². The van der Waals surface area contributed by atoms with E-state index in [9.17, 15) is 9.18 Å². The second-order valence-corrected chi connectivity index (χ2v) is 4.50. The van der Waals surface area contributed by atoms with Crippen molar-refractivity contribution in [3.63, 3.8) is 0 Å². The molecule has 3 nitrogen and oxygen atoms in total. The zero-order chi connectivity index (χ0) is 13.4. The zero-order valence-corrected chi connectivity index (χ0v) is 10.7. The number of unbranched alkanes of at least 4 members (excludes halogenated alkanes) is 1. The maximum Gasteiger partial charge on any atom is 0.303 e. The zero-order valence-electron chi connectivity index (χ0n) is 10.7. The van der Waals surface area contributed by atoms with Crippen LogP contribution in [0.3, 0.4) is 0 Å². The molecule has 0 saturated heterocycles. The molecule has 0 atom stereocenters. The lowest BCUT2D eigenvalue weighted by molar-refractivity contribution is -0.137. The van der Waals surface area contributed by atoms with Crippen molar-refractivity contribution in [1.29, 1.82) is 0 Å². The van der Waals surface area contributed by atoms with Gasteiger partial charge in [0.15, 0.2) is 0 Å². The van der Waals surface area contributed by atoms with Crippen LogP contribution in [0.1, 0.15) is 24.8 Å². The van der Waals surface area contributed by atoms with Crippen LogP contribution in [0.5, 0.6) is 0 Å². The Balaban J connectivity index is 2.19. The molecule has 0 unspecified atom stereocenters. The average molecular weight is 253 g/mol. The highest BCUT2D eigenvalue weighted by Gasteiger charge is 2.04. The average Bonchev–Trinajstić information content (AvgIpc) is 2.33. The van der Waals surface area contributed by atoms with Crippen LogP contribution in [0, 0.1) is 5.82 Å². The first kappa shape index (κ1) is 14.6. The number of nitrogens with zero attached hydrogens (tertiary/aromatic N) is 1. The molecule has 1 aromatic carbocycles. The molecule has 0 aliphatic heterocycles. The Morgan fingerprint density at radius 3 is 2.67 bits per heavy atom. The predicted molar refractivity (Wildman–Crippen MR) is 69.1 cm³/mol. The van der Waals surface area contributed by atoms with Crippen molar-refractivity contribution in [3.8, 4) is 0 Å². The van der Waals surface area contributed by atoms with Gasteiger partial charge in [0.2, 0.25) is 0 Å². The fraction of sp³-hybridized carbons (Fsp3) is 0.500. The second-order valence-electron chi connectivity index (χ2n) is 4.50. The predicted octanol–water partition coefficient (Wildman–Crippen LogP) is 2.55. The standard InChI is InChI=1S/C14H20FNO2/c1-16(10-5-4-8-14(17)18)11-9-12-6-2-3-7-13(12)15/h2-3,6-7H,4-5,8-11H2,1H3,(H,17,18). The molecule has 0 radical (unpaired) electrons. The van der Waals surface area contributed by atoms with Gasteiger partial charge in [-0.25, -0.2) is 4.39 Å². The Hall–Kier alpha value is -1.42. The number of rotatable bonds is 8. The van der Waals surface area contributed by atoms with Gasteiger partial charge in [-0.3, -0.25) is 4.79 Å². The Labute approximate surface area is 107 Å². The van der Waals surface area contributed by atoms with Crippen LogP contribution in [0.4, 0.5) is 4.39 Å². The topological polar surface area (TPSA) is 40.5 Å². The Morgan fingerprint density at radius 2 is 2.00 bits per heavy atom. The summed E-state index contributed by atoms with van der Waals surface area (Å²) in [5, 5.41) is 8.51. The van der Waals surface area contributed by atoms with E-state index in [4.69, 9.17) is 5.11 Å². The van der Waals surface area contributed by atoms with Crippen LogP contribution in [0.25, 0.3) is 0 Å². The van der Waals surface area contributed by atoms with Gasteiger partial charge in [0.1, 0.15) is 5.82 Å². The largest absolute Gasteiger partial charge is 0.481 e. The Morgan fingerprint density at radius 1 is 1.28 bits per heavy atom. The van der Waals surface area contributed by atoms with Crippen molar-refractivity contribution in [2.75, 3.05) is 20.1 Å². The van der Waals surface area contributed by atoms with Gasteiger partial charge in [-0.15, -0.1) is 0 Å². The Kier molecular flexibility index (Phi) is 6.36. The molecule has 0 aliphatic carbocycles. The smallest absolute Gasteiger partial charge is 0.303 e. The SMILES string of the molecule is CN(CCCCC(=O)O)CCc1ccccc1F. The number of hydrogen-bond acceptors (Lipinski definition) is 2. The Bertz CT molecular complexity index is 382. The molecule has 18 heavy (non-hydrogen) atoms. The van der Waals surface area contributed by atoms with Crippen molar-refractivity contribution >= 4 is 5.97 Å². The van der Waals surface area contributed by atoms with E-state index in [-0.39, 0.29) is 12.2 Å². The minimum Gasteiger partial charge on any atom is -0.481 e. The van der Waals surface area contributed by atoms with E-state index in [2.05, 4.69) is 4.90 Å². The van der Waals surface area contributed by atoms with Crippen molar-refractivity contribution < 1.29 is 14.3 Å². The third kappa shape index (κ3) is 5.77. The molecule has 0 bridgehead atoms. The van der Waals surface area contributed by atoms with Gasteiger partial charge >= 0.3 is 5.97 Å². The fourth-order valence-electron chi connectivity index (χ4n) is 1.78. The van der Waals surface area contributed by atoms with Crippen molar-refractivity contribution in [2.45, 2.75) is 25.7 Å². The van der Waals surface area contributed by atoms with Gasteiger partial charge in [0, 0.05) is 13.0 Å². The van der Waals surface area contributed by atoms with Crippen molar-refractivity contribution in [3.05, 3.63) is 35.6 Å². The minimum atomic E-state index is -0.746. The third-order valence-electron chi connectivity index (χ3n) is 2.90. The van der Waals surface area contributed by atoms with Gasteiger partial charge in [-0.1, -0.05) is 18.2 Å². The highest BCUT2D eigenvalue weighted by molar-refractivity contribution is 5.66. The summed E-state index contributed by atoms with van der Waals surface area (Å²) < 4.78 is 13.4. The molecule has 0 aromatic heterocycles. The van der Waals surface area contributed by atoms with Gasteiger partial charge in [-0.2, -0.15) is 0 Å². The summed E-state index contributed by atoms with van der Waals surface area (Å²) in [7, 11) is 1.97. The number of benzene rings is 1. The molecule has 100 valence electrons. The summed E-state index contributed by atoms with van der Waals surface area (Å²) in [5.74, 6) is -0.902. The number of carboxylic acids is 1. The maximum atomic E-state index is 13.4. The number of aliphatic carboxylic acids is 1. The molecule has 1 N–H and O–H groups in total. The summed E-state index contributed by atoms with van der Waals surface area (Å²) in [6, 6.07) is 6.80. The summed E-state index contributed by atoms with van der Waals surface area (Å²) in [4.78, 5) is 12.4. The van der Waals surface area contributed by atoms with Gasteiger partial charge in [0.25, 0.3) is 0 Å². The monoisotopic (exact) mass is 253 g/mol. The highest BCUT2D eigenvalue weighted by Crippen LogP contribution is 2.07. The molecule has 4 heteroatoms. The molecule has 0 aliphatic rings. The first-order valence-corrected chi connectivity index (χ1v) is 6.23. The first-order chi connectivity index (χ1) is 8.59. The number of likely N-dealkylation sites (N-methyl/N-ethyl adjacent to an activating group) is 1.